The van der Waals surface area contributed by atoms with Crippen LogP contribution in [0.3, 0.4) is 0 Å². The molecule has 0 amide bonds. The number of nitrogens with one attached hydrogen (secondary N) is 1. The van der Waals surface area contributed by atoms with E-state index >= 15 is 0 Å². The number of hydrogen-bond acceptors (Lipinski definition) is 7. The number of fused-ring (bicyclic) bond motifs is 1. The van der Waals surface area contributed by atoms with Crippen molar-refractivity contribution in [2.75, 3.05) is 11.9 Å². The summed E-state index contributed by atoms with van der Waals surface area (Å²) in [5.74, 6) is -0.0282. The molecular formula is C19H19BrFN5O3. The Balaban J connectivity index is 2.01. The summed E-state index contributed by atoms with van der Waals surface area (Å²) in [5, 5.41) is 14.8. The first-order chi connectivity index (χ1) is 13.8. The number of anilines is 2. The number of rotatable bonds is 7. The van der Waals surface area contributed by atoms with Crippen LogP contribution in [0.5, 0.6) is 5.75 Å². The quantitative estimate of drug-likeness (QED) is 0.389. The predicted octanol–water partition coefficient (Wildman–Crippen LogP) is 4.55. The van der Waals surface area contributed by atoms with Gasteiger partial charge >= 0.3 is 5.69 Å². The Morgan fingerprint density at radius 2 is 2.07 bits per heavy atom. The van der Waals surface area contributed by atoms with Gasteiger partial charge in [-0.2, -0.15) is 0 Å². The minimum absolute atomic E-state index is 0.0677. The van der Waals surface area contributed by atoms with Crippen molar-refractivity contribution < 1.29 is 14.1 Å². The van der Waals surface area contributed by atoms with Crippen LogP contribution >= 0.6 is 15.9 Å². The maximum atomic E-state index is 14.2. The maximum Gasteiger partial charge on any atom is 0.311 e. The van der Waals surface area contributed by atoms with Gasteiger partial charge in [0, 0.05) is 22.6 Å². The van der Waals surface area contributed by atoms with E-state index in [4.69, 9.17) is 10.5 Å². The molecule has 10 heteroatoms. The lowest BCUT2D eigenvalue weighted by Crippen LogP contribution is -2.33. The van der Waals surface area contributed by atoms with Crippen LogP contribution in [-0.4, -0.2) is 27.5 Å². The number of aromatic nitrogens is 2. The monoisotopic (exact) mass is 463 g/mol. The molecule has 0 aliphatic carbocycles. The van der Waals surface area contributed by atoms with Gasteiger partial charge in [-0.1, -0.05) is 29.8 Å². The van der Waals surface area contributed by atoms with E-state index in [1.165, 1.54) is 30.6 Å². The first-order valence-corrected chi connectivity index (χ1v) is 9.59. The topological polar surface area (TPSA) is 116 Å². The zero-order chi connectivity index (χ0) is 21.1. The van der Waals surface area contributed by atoms with E-state index in [1.54, 1.807) is 6.07 Å². The van der Waals surface area contributed by atoms with Crippen molar-refractivity contribution in [2.45, 2.75) is 19.9 Å². The summed E-state index contributed by atoms with van der Waals surface area (Å²) in [5.41, 5.74) is 6.32. The molecule has 1 heterocycles. The molecule has 3 N–H and O–H groups in total. The van der Waals surface area contributed by atoms with Crippen molar-refractivity contribution >= 4 is 44.0 Å². The van der Waals surface area contributed by atoms with E-state index in [2.05, 4.69) is 31.2 Å². The maximum absolute atomic E-state index is 14.2. The molecule has 0 saturated carbocycles. The van der Waals surface area contributed by atoms with Crippen LogP contribution in [0.4, 0.5) is 21.6 Å². The molecule has 0 aliphatic rings. The molecule has 3 aromatic rings. The van der Waals surface area contributed by atoms with Crippen molar-refractivity contribution in [1.82, 2.24) is 9.97 Å². The SMILES string of the molecule is CC(C)C(N)COc1cc2ncnc(Nc3ccc(Br)cc3F)c2cc1[N+](=O)[O-]. The molecule has 0 spiro atoms. The fourth-order valence-electron chi connectivity index (χ4n) is 2.53. The highest BCUT2D eigenvalue weighted by atomic mass is 79.9. The van der Waals surface area contributed by atoms with Crippen molar-refractivity contribution in [3.63, 3.8) is 0 Å². The van der Waals surface area contributed by atoms with Crippen molar-refractivity contribution in [2.24, 2.45) is 11.7 Å². The summed E-state index contributed by atoms with van der Waals surface area (Å²) < 4.78 is 20.4. The lowest BCUT2D eigenvalue weighted by molar-refractivity contribution is -0.385. The number of nitrogens with zero attached hydrogens (tertiary/aromatic N) is 3. The standard InChI is InChI=1S/C19H19BrFN5O3/c1-10(2)14(22)8-29-18-7-16-12(6-17(18)26(27)28)19(24-9-23-16)25-15-4-3-11(20)5-13(15)21/h3-7,9-10,14H,8,22H2,1-2H3,(H,23,24,25). The largest absolute Gasteiger partial charge is 0.485 e. The minimum atomic E-state index is -0.549. The van der Waals surface area contributed by atoms with Crippen LogP contribution in [0, 0.1) is 21.8 Å². The zero-order valence-corrected chi connectivity index (χ0v) is 17.3. The van der Waals surface area contributed by atoms with Gasteiger partial charge in [-0.3, -0.25) is 10.1 Å². The minimum Gasteiger partial charge on any atom is -0.485 e. The van der Waals surface area contributed by atoms with Gasteiger partial charge in [0.2, 0.25) is 0 Å². The normalized spacial score (nSPS) is 12.2. The molecule has 0 aliphatic heterocycles. The number of halogens is 2. The van der Waals surface area contributed by atoms with E-state index in [0.717, 1.165) is 0 Å². The third kappa shape index (κ3) is 4.77. The fraction of sp³-hybridized carbons (Fsp3) is 0.263. The Morgan fingerprint density at radius 1 is 1.31 bits per heavy atom. The molecule has 1 aromatic heterocycles. The first kappa shape index (κ1) is 20.9. The fourth-order valence-corrected chi connectivity index (χ4v) is 2.86. The number of nitro benzene ring substituents is 1. The molecule has 3 rings (SSSR count). The van der Waals surface area contributed by atoms with E-state index < -0.39 is 10.7 Å². The molecule has 0 saturated heterocycles. The van der Waals surface area contributed by atoms with Crippen molar-refractivity contribution in [3.05, 3.63) is 57.1 Å². The summed E-state index contributed by atoms with van der Waals surface area (Å²) in [4.78, 5) is 19.3. The average Bonchev–Trinajstić information content (AvgIpc) is 2.67. The van der Waals surface area contributed by atoms with Crippen LogP contribution in [0.25, 0.3) is 10.9 Å². The molecule has 0 fully saturated rings. The molecule has 0 bridgehead atoms. The van der Waals surface area contributed by atoms with E-state index in [1.807, 2.05) is 13.8 Å². The molecule has 29 heavy (non-hydrogen) atoms. The van der Waals surface area contributed by atoms with Crippen LogP contribution in [0.2, 0.25) is 0 Å². The van der Waals surface area contributed by atoms with Crippen LogP contribution in [-0.2, 0) is 0 Å². The molecule has 1 atom stereocenters. The molecule has 152 valence electrons. The summed E-state index contributed by atoms with van der Waals surface area (Å²) in [7, 11) is 0. The van der Waals surface area contributed by atoms with Crippen LogP contribution in [0.1, 0.15) is 13.8 Å². The number of ether oxygens (including phenoxy) is 1. The summed E-state index contributed by atoms with van der Waals surface area (Å²) in [6, 6.07) is 7.01. The Morgan fingerprint density at radius 3 is 2.72 bits per heavy atom. The summed E-state index contributed by atoms with van der Waals surface area (Å²) >= 11 is 3.20. The van der Waals surface area contributed by atoms with Gasteiger partial charge in [-0.05, 0) is 24.1 Å². The highest BCUT2D eigenvalue weighted by Gasteiger charge is 2.21. The Bertz CT molecular complexity index is 1060. The average molecular weight is 464 g/mol. The smallest absolute Gasteiger partial charge is 0.311 e. The van der Waals surface area contributed by atoms with Gasteiger partial charge in [0.25, 0.3) is 0 Å². The van der Waals surface area contributed by atoms with Gasteiger partial charge in [0.15, 0.2) is 5.75 Å². The van der Waals surface area contributed by atoms with E-state index in [9.17, 15) is 14.5 Å². The lowest BCUT2D eigenvalue weighted by atomic mass is 10.1. The van der Waals surface area contributed by atoms with Crippen molar-refractivity contribution in [1.29, 1.82) is 0 Å². The second-order valence-electron chi connectivity index (χ2n) is 6.78. The second-order valence-corrected chi connectivity index (χ2v) is 7.70. The van der Waals surface area contributed by atoms with E-state index in [0.29, 0.717) is 15.4 Å². The van der Waals surface area contributed by atoms with E-state index in [-0.39, 0.29) is 41.5 Å². The third-order valence-corrected chi connectivity index (χ3v) is 4.88. The molecule has 8 nitrogen and oxygen atoms in total. The third-order valence-electron chi connectivity index (χ3n) is 4.38. The Hall–Kier alpha value is -2.85. The molecule has 2 aromatic carbocycles. The van der Waals surface area contributed by atoms with Gasteiger partial charge in [-0.25, -0.2) is 14.4 Å². The number of nitro groups is 1. The Kier molecular flexibility index (Phi) is 6.23. The molecule has 1 unspecified atom stereocenters. The van der Waals surface area contributed by atoms with Gasteiger partial charge in [0.05, 0.1) is 21.5 Å². The summed E-state index contributed by atoms with van der Waals surface area (Å²) in [6.45, 7) is 4.01. The zero-order valence-electron chi connectivity index (χ0n) is 15.7. The first-order valence-electron chi connectivity index (χ1n) is 8.80. The van der Waals surface area contributed by atoms with Crippen molar-refractivity contribution in [3.8, 4) is 5.75 Å². The number of nitrogens with two attached hydrogens (primary N) is 1. The molecule has 0 radical (unpaired) electrons. The summed E-state index contributed by atoms with van der Waals surface area (Å²) in [6.07, 6.45) is 1.29. The van der Waals surface area contributed by atoms with Gasteiger partial charge < -0.3 is 15.8 Å². The number of hydrogen-bond donors (Lipinski definition) is 2. The Labute approximate surface area is 174 Å². The van der Waals surface area contributed by atoms with Gasteiger partial charge in [-0.15, -0.1) is 0 Å². The van der Waals surface area contributed by atoms with Crippen LogP contribution < -0.4 is 15.8 Å². The number of benzene rings is 2. The highest BCUT2D eigenvalue weighted by molar-refractivity contribution is 9.10. The predicted molar refractivity (Wildman–Crippen MR) is 112 cm³/mol. The second kappa shape index (κ2) is 8.66. The lowest BCUT2D eigenvalue weighted by Gasteiger charge is -2.17. The van der Waals surface area contributed by atoms with Crippen LogP contribution in [0.15, 0.2) is 41.1 Å². The highest BCUT2D eigenvalue weighted by Crippen LogP contribution is 2.35. The molecular weight excluding hydrogens is 445 g/mol. The van der Waals surface area contributed by atoms with Gasteiger partial charge in [0.1, 0.15) is 24.6 Å².